The molecule has 1 nitrogen and oxygen atoms in total. The topological polar surface area (TPSA) is 12.0 Å². The van der Waals surface area contributed by atoms with Gasteiger partial charge in [0.05, 0.1) is 0 Å². The van der Waals surface area contributed by atoms with E-state index in [1.807, 2.05) is 0 Å². The molecular formula is C12H25N. The lowest BCUT2D eigenvalue weighted by molar-refractivity contribution is 0.0267. The maximum absolute atomic E-state index is 3.62. The van der Waals surface area contributed by atoms with Gasteiger partial charge in [-0.1, -0.05) is 34.6 Å². The fourth-order valence-corrected chi connectivity index (χ4v) is 2.53. The third-order valence-electron chi connectivity index (χ3n) is 3.55. The van der Waals surface area contributed by atoms with Crippen molar-refractivity contribution in [3.8, 4) is 0 Å². The molecule has 0 aromatic carbocycles. The zero-order chi connectivity index (χ0) is 10.1. The summed E-state index contributed by atoms with van der Waals surface area (Å²) >= 11 is 0. The van der Waals surface area contributed by atoms with Crippen LogP contribution in [0.15, 0.2) is 0 Å². The summed E-state index contributed by atoms with van der Waals surface area (Å²) in [6.07, 6.45) is 2.63. The molecule has 1 aliphatic carbocycles. The van der Waals surface area contributed by atoms with Crippen molar-refractivity contribution in [2.75, 3.05) is 6.54 Å². The zero-order valence-electron chi connectivity index (χ0n) is 9.85. The zero-order valence-corrected chi connectivity index (χ0v) is 9.85. The van der Waals surface area contributed by atoms with E-state index in [9.17, 15) is 0 Å². The second-order valence-corrected chi connectivity index (χ2v) is 5.63. The summed E-state index contributed by atoms with van der Waals surface area (Å²) in [5, 5.41) is 3.62. The van der Waals surface area contributed by atoms with Crippen LogP contribution in [-0.4, -0.2) is 12.6 Å². The maximum Gasteiger partial charge on any atom is 0.00984 e. The average molecular weight is 183 g/mol. The predicted octanol–water partition coefficient (Wildman–Crippen LogP) is 3.06. The Morgan fingerprint density at radius 2 is 1.92 bits per heavy atom. The van der Waals surface area contributed by atoms with E-state index in [4.69, 9.17) is 0 Å². The highest BCUT2D eigenvalue weighted by atomic mass is 14.9. The molecule has 78 valence electrons. The minimum Gasteiger partial charge on any atom is -0.314 e. The van der Waals surface area contributed by atoms with Gasteiger partial charge in [-0.05, 0) is 36.6 Å². The van der Waals surface area contributed by atoms with Crippen LogP contribution < -0.4 is 5.32 Å². The molecule has 0 aromatic heterocycles. The second kappa shape index (κ2) is 4.00. The van der Waals surface area contributed by atoms with E-state index in [0.717, 1.165) is 17.9 Å². The van der Waals surface area contributed by atoms with Crippen molar-refractivity contribution in [2.45, 2.75) is 53.5 Å². The molecule has 1 fully saturated rings. The van der Waals surface area contributed by atoms with Crippen LogP contribution in [0.3, 0.4) is 0 Å². The summed E-state index contributed by atoms with van der Waals surface area (Å²) in [5.74, 6) is 1.79. The highest BCUT2D eigenvalue weighted by Crippen LogP contribution is 2.45. The van der Waals surface area contributed by atoms with Crippen LogP contribution >= 0.6 is 0 Å². The first-order valence-corrected chi connectivity index (χ1v) is 5.70. The standard InChI is InChI=1S/C12H25N/c1-6-7-13-11-8-10(9(11)2)12(3,4)5/h9-11,13H,6-8H2,1-5H3. The minimum absolute atomic E-state index is 0.504. The van der Waals surface area contributed by atoms with Gasteiger partial charge in [-0.25, -0.2) is 0 Å². The van der Waals surface area contributed by atoms with Crippen molar-refractivity contribution in [1.82, 2.24) is 5.32 Å². The third-order valence-corrected chi connectivity index (χ3v) is 3.55. The van der Waals surface area contributed by atoms with Crippen molar-refractivity contribution in [2.24, 2.45) is 17.3 Å². The van der Waals surface area contributed by atoms with Crippen LogP contribution in [0.4, 0.5) is 0 Å². The van der Waals surface area contributed by atoms with Crippen LogP contribution in [0.2, 0.25) is 0 Å². The molecule has 0 aromatic rings. The van der Waals surface area contributed by atoms with E-state index in [-0.39, 0.29) is 0 Å². The van der Waals surface area contributed by atoms with Crippen LogP contribution in [0.5, 0.6) is 0 Å². The molecule has 0 saturated heterocycles. The van der Waals surface area contributed by atoms with Gasteiger partial charge in [0.1, 0.15) is 0 Å². The minimum atomic E-state index is 0.504. The van der Waals surface area contributed by atoms with Crippen molar-refractivity contribution < 1.29 is 0 Å². The lowest BCUT2D eigenvalue weighted by Gasteiger charge is -2.50. The molecule has 1 saturated carbocycles. The van der Waals surface area contributed by atoms with Crippen LogP contribution in [0.25, 0.3) is 0 Å². The van der Waals surface area contributed by atoms with E-state index in [0.29, 0.717) is 5.41 Å². The summed E-state index contributed by atoms with van der Waals surface area (Å²) in [6.45, 7) is 12.9. The normalized spacial score (nSPS) is 34.4. The monoisotopic (exact) mass is 183 g/mol. The van der Waals surface area contributed by atoms with Crippen LogP contribution in [0.1, 0.15) is 47.5 Å². The van der Waals surface area contributed by atoms with Gasteiger partial charge in [-0.3, -0.25) is 0 Å². The molecule has 3 atom stereocenters. The highest BCUT2D eigenvalue weighted by molar-refractivity contribution is 4.96. The quantitative estimate of drug-likeness (QED) is 0.709. The van der Waals surface area contributed by atoms with Gasteiger partial charge >= 0.3 is 0 Å². The van der Waals surface area contributed by atoms with Gasteiger partial charge in [0.15, 0.2) is 0 Å². The van der Waals surface area contributed by atoms with E-state index in [1.54, 1.807) is 0 Å². The number of nitrogens with one attached hydrogen (secondary N) is 1. The molecule has 1 rings (SSSR count). The molecule has 3 unspecified atom stereocenters. The van der Waals surface area contributed by atoms with Gasteiger partial charge in [-0.2, -0.15) is 0 Å². The van der Waals surface area contributed by atoms with Crippen LogP contribution in [-0.2, 0) is 0 Å². The van der Waals surface area contributed by atoms with Gasteiger partial charge < -0.3 is 5.32 Å². The van der Waals surface area contributed by atoms with E-state index in [1.165, 1.54) is 19.4 Å². The first kappa shape index (κ1) is 11.0. The molecule has 0 amide bonds. The second-order valence-electron chi connectivity index (χ2n) is 5.63. The molecular weight excluding hydrogens is 158 g/mol. The lowest BCUT2D eigenvalue weighted by atomic mass is 9.59. The van der Waals surface area contributed by atoms with E-state index >= 15 is 0 Å². The molecule has 0 spiro atoms. The summed E-state index contributed by atoms with van der Waals surface area (Å²) in [6, 6.07) is 0.796. The van der Waals surface area contributed by atoms with Crippen molar-refractivity contribution >= 4 is 0 Å². The Morgan fingerprint density at radius 1 is 1.31 bits per heavy atom. The predicted molar refractivity (Wildman–Crippen MR) is 58.8 cm³/mol. The lowest BCUT2D eigenvalue weighted by Crippen LogP contribution is -2.53. The maximum atomic E-state index is 3.62. The van der Waals surface area contributed by atoms with Crippen molar-refractivity contribution in [3.05, 3.63) is 0 Å². The van der Waals surface area contributed by atoms with Gasteiger partial charge in [0.25, 0.3) is 0 Å². The van der Waals surface area contributed by atoms with Crippen molar-refractivity contribution in [3.63, 3.8) is 0 Å². The number of hydrogen-bond acceptors (Lipinski definition) is 1. The highest BCUT2D eigenvalue weighted by Gasteiger charge is 2.43. The summed E-state index contributed by atoms with van der Waals surface area (Å²) in [5.41, 5.74) is 0.504. The van der Waals surface area contributed by atoms with E-state index in [2.05, 4.69) is 39.9 Å². The first-order chi connectivity index (χ1) is 5.96. The summed E-state index contributed by atoms with van der Waals surface area (Å²) < 4.78 is 0. The largest absolute Gasteiger partial charge is 0.314 e. The summed E-state index contributed by atoms with van der Waals surface area (Å²) in [4.78, 5) is 0. The van der Waals surface area contributed by atoms with Crippen molar-refractivity contribution in [1.29, 1.82) is 0 Å². The first-order valence-electron chi connectivity index (χ1n) is 5.70. The molecule has 1 aliphatic rings. The van der Waals surface area contributed by atoms with E-state index < -0.39 is 0 Å². The SMILES string of the molecule is CCCNC1CC(C(C)(C)C)C1C. The molecule has 0 aliphatic heterocycles. The Morgan fingerprint density at radius 3 is 2.31 bits per heavy atom. The Labute approximate surface area is 83.3 Å². The number of rotatable bonds is 3. The molecule has 0 bridgehead atoms. The third kappa shape index (κ3) is 2.46. The smallest absolute Gasteiger partial charge is 0.00984 e. The number of hydrogen-bond donors (Lipinski definition) is 1. The molecule has 0 heterocycles. The van der Waals surface area contributed by atoms with Crippen LogP contribution in [0, 0.1) is 17.3 Å². The fourth-order valence-electron chi connectivity index (χ4n) is 2.53. The molecule has 13 heavy (non-hydrogen) atoms. The molecule has 1 heteroatoms. The average Bonchev–Trinajstić information content (AvgIpc) is 2.00. The van der Waals surface area contributed by atoms with Gasteiger partial charge in [0.2, 0.25) is 0 Å². The van der Waals surface area contributed by atoms with Gasteiger partial charge in [-0.15, -0.1) is 0 Å². The molecule has 0 radical (unpaired) electrons. The Hall–Kier alpha value is -0.0400. The Kier molecular flexibility index (Phi) is 3.39. The fraction of sp³-hybridized carbons (Fsp3) is 1.00. The Bertz CT molecular complexity index is 157. The molecule has 1 N–H and O–H groups in total. The summed E-state index contributed by atoms with van der Waals surface area (Å²) in [7, 11) is 0. The van der Waals surface area contributed by atoms with Gasteiger partial charge in [0, 0.05) is 6.04 Å². The Balaban J connectivity index is 2.30.